The Hall–Kier alpha value is -0.760. The van der Waals surface area contributed by atoms with Crippen molar-refractivity contribution in [2.45, 2.75) is 43.0 Å². The van der Waals surface area contributed by atoms with Gasteiger partial charge in [0, 0.05) is 16.4 Å². The van der Waals surface area contributed by atoms with E-state index < -0.39 is 0 Å². The molecule has 1 fully saturated rings. The Bertz CT molecular complexity index is 399. The zero-order valence-electron chi connectivity index (χ0n) is 10.1. The molecule has 1 aromatic rings. The van der Waals surface area contributed by atoms with Crippen LogP contribution in [0.3, 0.4) is 0 Å². The van der Waals surface area contributed by atoms with Gasteiger partial charge >= 0.3 is 0 Å². The predicted octanol–water partition coefficient (Wildman–Crippen LogP) is 4.18. The van der Waals surface area contributed by atoms with E-state index in [0.29, 0.717) is 6.04 Å². The van der Waals surface area contributed by atoms with Gasteiger partial charge < -0.3 is 0 Å². The fourth-order valence-electron chi connectivity index (χ4n) is 2.92. The second-order valence-electron chi connectivity index (χ2n) is 5.08. The highest BCUT2D eigenvalue weighted by atomic mass is 32.2. The normalized spacial score (nSPS) is 27.6. The minimum absolute atomic E-state index is 0.582. The zero-order chi connectivity index (χ0) is 11.5. The first-order valence-electron chi connectivity index (χ1n) is 6.66. The van der Waals surface area contributed by atoms with Crippen LogP contribution in [0.25, 0.3) is 0 Å². The Balaban J connectivity index is 1.55. The van der Waals surface area contributed by atoms with Crippen molar-refractivity contribution in [3.05, 3.63) is 30.3 Å². The van der Waals surface area contributed by atoms with Gasteiger partial charge in [0.25, 0.3) is 0 Å². The van der Waals surface area contributed by atoms with Crippen LogP contribution in [0.2, 0.25) is 0 Å². The summed E-state index contributed by atoms with van der Waals surface area (Å²) in [4.78, 5) is 6.30. The fourth-order valence-corrected chi connectivity index (χ4v) is 3.87. The summed E-state index contributed by atoms with van der Waals surface area (Å²) in [6.07, 6.45) is 6.77. The van der Waals surface area contributed by atoms with Crippen molar-refractivity contribution >= 4 is 17.5 Å². The fraction of sp³-hybridized carbons (Fsp3) is 0.533. The van der Waals surface area contributed by atoms with Crippen LogP contribution in [-0.4, -0.2) is 17.5 Å². The lowest BCUT2D eigenvalue weighted by atomic mass is 9.86. The summed E-state index contributed by atoms with van der Waals surface area (Å²) in [5.41, 5.74) is 1.54. The van der Waals surface area contributed by atoms with Gasteiger partial charge in [0.05, 0.1) is 6.04 Å². The van der Waals surface area contributed by atoms with E-state index in [9.17, 15) is 0 Å². The van der Waals surface area contributed by atoms with Crippen molar-refractivity contribution in [3.8, 4) is 0 Å². The largest absolute Gasteiger partial charge is 0.290 e. The standard InChI is InChI=1S/C15H19NS/c1-2-7-14(8-3-1)17-11-13-10-12-6-4-5-9-15(12)16-13/h1-3,7-8,12-13H,4-6,9-11H2. The Labute approximate surface area is 108 Å². The van der Waals surface area contributed by atoms with Crippen LogP contribution >= 0.6 is 11.8 Å². The second-order valence-corrected chi connectivity index (χ2v) is 6.17. The molecule has 2 heteroatoms. The summed E-state index contributed by atoms with van der Waals surface area (Å²) in [6.45, 7) is 0. The van der Waals surface area contributed by atoms with E-state index in [4.69, 9.17) is 4.99 Å². The first-order chi connectivity index (χ1) is 8.42. The van der Waals surface area contributed by atoms with Crippen LogP contribution < -0.4 is 0 Å². The quantitative estimate of drug-likeness (QED) is 0.728. The predicted molar refractivity (Wildman–Crippen MR) is 75.0 cm³/mol. The van der Waals surface area contributed by atoms with Crippen molar-refractivity contribution < 1.29 is 0 Å². The van der Waals surface area contributed by atoms with Crippen molar-refractivity contribution in [2.75, 3.05) is 5.75 Å². The number of fused-ring (bicyclic) bond motifs is 1. The molecule has 0 bridgehead atoms. The molecule has 0 amide bonds. The van der Waals surface area contributed by atoms with Crippen LogP contribution in [0.1, 0.15) is 32.1 Å². The van der Waals surface area contributed by atoms with E-state index in [0.717, 1.165) is 11.7 Å². The second kappa shape index (κ2) is 5.26. The monoisotopic (exact) mass is 245 g/mol. The van der Waals surface area contributed by atoms with Gasteiger partial charge in [-0.2, -0.15) is 0 Å². The van der Waals surface area contributed by atoms with Crippen molar-refractivity contribution in [1.29, 1.82) is 0 Å². The van der Waals surface area contributed by atoms with E-state index in [1.807, 2.05) is 11.8 Å². The molecule has 1 aromatic carbocycles. The molecule has 17 heavy (non-hydrogen) atoms. The minimum Gasteiger partial charge on any atom is -0.290 e. The molecule has 1 aliphatic carbocycles. The molecule has 1 nitrogen and oxygen atoms in total. The molecule has 1 saturated carbocycles. The van der Waals surface area contributed by atoms with Gasteiger partial charge in [-0.1, -0.05) is 24.6 Å². The number of rotatable bonds is 3. The lowest BCUT2D eigenvalue weighted by Crippen LogP contribution is -2.15. The number of hydrogen-bond acceptors (Lipinski definition) is 2. The highest BCUT2D eigenvalue weighted by Crippen LogP contribution is 2.34. The Morgan fingerprint density at radius 3 is 2.88 bits per heavy atom. The first kappa shape index (κ1) is 11.3. The molecule has 0 radical (unpaired) electrons. The lowest BCUT2D eigenvalue weighted by molar-refractivity contribution is 0.507. The summed E-state index contributed by atoms with van der Waals surface area (Å²) < 4.78 is 0. The van der Waals surface area contributed by atoms with E-state index >= 15 is 0 Å². The molecule has 2 unspecified atom stereocenters. The molecule has 0 spiro atoms. The third-order valence-electron chi connectivity index (χ3n) is 3.80. The Morgan fingerprint density at radius 1 is 1.18 bits per heavy atom. The highest BCUT2D eigenvalue weighted by molar-refractivity contribution is 7.99. The van der Waals surface area contributed by atoms with Gasteiger partial charge in [0.2, 0.25) is 0 Å². The summed E-state index contributed by atoms with van der Waals surface area (Å²) in [5, 5.41) is 0. The maximum atomic E-state index is 4.92. The number of hydrogen-bond donors (Lipinski definition) is 0. The number of aliphatic imine (C=N–C) groups is 1. The number of benzene rings is 1. The maximum Gasteiger partial charge on any atom is 0.0599 e. The average Bonchev–Trinajstić information content (AvgIpc) is 2.80. The van der Waals surface area contributed by atoms with Crippen LogP contribution in [-0.2, 0) is 0 Å². The molecule has 1 aliphatic heterocycles. The zero-order valence-corrected chi connectivity index (χ0v) is 11.0. The first-order valence-corrected chi connectivity index (χ1v) is 7.65. The molecule has 3 rings (SSSR count). The average molecular weight is 245 g/mol. The molecule has 0 N–H and O–H groups in total. The Morgan fingerprint density at radius 2 is 2.06 bits per heavy atom. The van der Waals surface area contributed by atoms with Crippen LogP contribution in [0.4, 0.5) is 0 Å². The third kappa shape index (κ3) is 2.74. The molecule has 2 atom stereocenters. The molecular weight excluding hydrogens is 226 g/mol. The topological polar surface area (TPSA) is 12.4 Å². The van der Waals surface area contributed by atoms with Gasteiger partial charge in [-0.3, -0.25) is 4.99 Å². The molecular formula is C15H19NS. The van der Waals surface area contributed by atoms with E-state index in [1.165, 1.54) is 42.7 Å². The highest BCUT2D eigenvalue weighted by Gasteiger charge is 2.29. The van der Waals surface area contributed by atoms with Crippen molar-refractivity contribution in [2.24, 2.45) is 10.9 Å². The van der Waals surface area contributed by atoms with Crippen LogP contribution in [0.15, 0.2) is 40.2 Å². The van der Waals surface area contributed by atoms with Gasteiger partial charge in [-0.25, -0.2) is 0 Å². The molecule has 0 saturated heterocycles. The summed E-state index contributed by atoms with van der Waals surface area (Å²) in [7, 11) is 0. The SMILES string of the molecule is c1ccc(SCC2CC3CCCCC3=N2)cc1. The van der Waals surface area contributed by atoms with Crippen molar-refractivity contribution in [3.63, 3.8) is 0 Å². The van der Waals surface area contributed by atoms with Crippen LogP contribution in [0, 0.1) is 5.92 Å². The number of thioether (sulfide) groups is 1. The van der Waals surface area contributed by atoms with Crippen LogP contribution in [0.5, 0.6) is 0 Å². The lowest BCUT2D eigenvalue weighted by Gasteiger charge is -2.18. The smallest absolute Gasteiger partial charge is 0.0599 e. The third-order valence-corrected chi connectivity index (χ3v) is 4.95. The van der Waals surface area contributed by atoms with E-state index in [2.05, 4.69) is 30.3 Å². The number of nitrogens with zero attached hydrogens (tertiary/aromatic N) is 1. The minimum atomic E-state index is 0.582. The van der Waals surface area contributed by atoms with Crippen molar-refractivity contribution in [1.82, 2.24) is 0 Å². The molecule has 90 valence electrons. The Kier molecular flexibility index (Phi) is 3.51. The van der Waals surface area contributed by atoms with E-state index in [-0.39, 0.29) is 0 Å². The summed E-state index contributed by atoms with van der Waals surface area (Å²) >= 11 is 1.96. The maximum absolute atomic E-state index is 4.92. The summed E-state index contributed by atoms with van der Waals surface area (Å²) in [6, 6.07) is 11.3. The van der Waals surface area contributed by atoms with E-state index in [1.54, 1.807) is 0 Å². The molecule has 0 aromatic heterocycles. The summed E-state index contributed by atoms with van der Waals surface area (Å²) in [5.74, 6) is 1.99. The molecule has 2 aliphatic rings. The van der Waals surface area contributed by atoms with Gasteiger partial charge in [-0.05, 0) is 43.7 Å². The van der Waals surface area contributed by atoms with Gasteiger partial charge in [0.1, 0.15) is 0 Å². The molecule has 1 heterocycles. The van der Waals surface area contributed by atoms with Gasteiger partial charge in [0.15, 0.2) is 0 Å². The van der Waals surface area contributed by atoms with Gasteiger partial charge in [-0.15, -0.1) is 11.8 Å².